The first-order chi connectivity index (χ1) is 20.1. The molecule has 2 aromatic carbocycles. The lowest BCUT2D eigenvalue weighted by molar-refractivity contribution is -0.141. The summed E-state index contributed by atoms with van der Waals surface area (Å²) in [5, 5.41) is 16.7. The van der Waals surface area contributed by atoms with Gasteiger partial charge < -0.3 is 30.7 Å². The van der Waals surface area contributed by atoms with Gasteiger partial charge in [-0.3, -0.25) is 14.4 Å². The topological polar surface area (TPSA) is 120 Å². The minimum Gasteiger partial charge on any atom is -0.489 e. The minimum atomic E-state index is -0.873. The van der Waals surface area contributed by atoms with Crippen molar-refractivity contribution in [3.8, 4) is 5.75 Å². The molecule has 0 saturated heterocycles. The van der Waals surface area contributed by atoms with Gasteiger partial charge in [0.1, 0.15) is 29.8 Å². The summed E-state index contributed by atoms with van der Waals surface area (Å²) in [6.45, 7) is 6.46. The van der Waals surface area contributed by atoms with Crippen molar-refractivity contribution in [3.63, 3.8) is 0 Å². The predicted molar refractivity (Wildman–Crippen MR) is 167 cm³/mol. The third kappa shape index (κ3) is 11.1. The predicted octanol–water partition coefficient (Wildman–Crippen LogP) is 3.02. The number of aryl methyl sites for hydroxylation is 1. The first-order valence-electron chi connectivity index (χ1n) is 14.8. The Morgan fingerprint density at radius 1 is 1.02 bits per heavy atom. The van der Waals surface area contributed by atoms with Crippen LogP contribution in [0.2, 0.25) is 0 Å². The number of carbonyl (C=O) groups is 3. The zero-order valence-corrected chi connectivity index (χ0v) is 26.3. The van der Waals surface area contributed by atoms with Crippen LogP contribution in [0, 0.1) is 11.7 Å². The van der Waals surface area contributed by atoms with Crippen LogP contribution >= 0.6 is 12.4 Å². The number of nitrogens with one attached hydrogen (secondary N) is 3. The molecule has 43 heavy (non-hydrogen) atoms. The molecule has 11 heteroatoms. The third-order valence-corrected chi connectivity index (χ3v) is 7.50. The number of fused-ring (bicyclic) bond motifs is 1. The Labute approximate surface area is 260 Å². The van der Waals surface area contributed by atoms with Crippen LogP contribution in [0.1, 0.15) is 51.2 Å². The van der Waals surface area contributed by atoms with Crippen molar-refractivity contribution in [1.29, 1.82) is 0 Å². The summed E-state index contributed by atoms with van der Waals surface area (Å²) in [5.74, 6) is -0.269. The molecule has 0 bridgehead atoms. The van der Waals surface area contributed by atoms with Gasteiger partial charge in [-0.15, -0.1) is 12.4 Å². The van der Waals surface area contributed by atoms with Crippen molar-refractivity contribution in [2.75, 3.05) is 26.7 Å². The second kappa shape index (κ2) is 17.8. The summed E-state index contributed by atoms with van der Waals surface area (Å²) in [5.41, 5.74) is 1.76. The number of rotatable bonds is 3. The number of benzene rings is 2. The Balaban J connectivity index is 0.00000155. The Morgan fingerprint density at radius 3 is 2.33 bits per heavy atom. The Bertz CT molecular complexity index is 1180. The highest BCUT2D eigenvalue weighted by molar-refractivity contribution is 5.93. The molecule has 2 aliphatic rings. The normalized spacial score (nSPS) is 24.0. The fourth-order valence-corrected chi connectivity index (χ4v) is 4.82. The van der Waals surface area contributed by atoms with Crippen LogP contribution < -0.4 is 20.7 Å². The van der Waals surface area contributed by atoms with Crippen molar-refractivity contribution in [2.45, 2.75) is 77.1 Å². The van der Waals surface area contributed by atoms with Gasteiger partial charge in [-0.25, -0.2) is 4.39 Å². The van der Waals surface area contributed by atoms with E-state index in [1.165, 1.54) is 17.0 Å². The lowest BCUT2D eigenvalue weighted by atomic mass is 10.0. The van der Waals surface area contributed by atoms with Gasteiger partial charge in [0, 0.05) is 33.2 Å². The summed E-state index contributed by atoms with van der Waals surface area (Å²) in [7, 11) is 1.62. The van der Waals surface area contributed by atoms with Crippen LogP contribution in [0.4, 0.5) is 4.39 Å². The molecule has 4 atom stereocenters. The number of nitrogens with zero attached hydrogens (tertiary/aromatic N) is 1. The van der Waals surface area contributed by atoms with Gasteiger partial charge >= 0.3 is 0 Å². The smallest absolute Gasteiger partial charge is 0.243 e. The number of carbonyl (C=O) groups excluding carboxylic acids is 3. The van der Waals surface area contributed by atoms with Crippen molar-refractivity contribution in [2.24, 2.45) is 5.92 Å². The van der Waals surface area contributed by atoms with E-state index < -0.39 is 24.0 Å². The quantitative estimate of drug-likeness (QED) is 0.419. The molecule has 0 spiro atoms. The van der Waals surface area contributed by atoms with E-state index >= 15 is 0 Å². The maximum atomic E-state index is 13.5. The fraction of sp³-hybridized carbons (Fsp3) is 0.531. The van der Waals surface area contributed by atoms with Crippen molar-refractivity contribution in [1.82, 2.24) is 20.9 Å². The molecule has 1 aliphatic carbocycles. The number of likely N-dealkylation sites (N-methyl/N-ethyl adjacent to an activating group) is 1. The van der Waals surface area contributed by atoms with E-state index in [2.05, 4.69) is 16.0 Å². The van der Waals surface area contributed by atoms with Gasteiger partial charge in [0.05, 0.1) is 6.04 Å². The molecule has 238 valence electrons. The van der Waals surface area contributed by atoms with Gasteiger partial charge in [-0.1, -0.05) is 30.3 Å². The highest BCUT2D eigenvalue weighted by atomic mass is 35.5. The highest BCUT2D eigenvalue weighted by Gasteiger charge is 2.39. The summed E-state index contributed by atoms with van der Waals surface area (Å²) < 4.78 is 19.7. The van der Waals surface area contributed by atoms with Crippen LogP contribution in [-0.4, -0.2) is 78.7 Å². The van der Waals surface area contributed by atoms with Crippen LogP contribution in [0.5, 0.6) is 5.75 Å². The molecule has 1 heterocycles. The molecule has 0 unspecified atom stereocenters. The molecule has 4 N–H and O–H groups in total. The molecule has 3 amide bonds. The molecule has 4 rings (SSSR count). The number of amides is 3. The number of para-hydroxylation sites is 1. The van der Waals surface area contributed by atoms with Crippen LogP contribution in [-0.2, 0) is 27.2 Å². The number of ether oxygens (including phenoxy) is 1. The molecule has 1 aliphatic heterocycles. The maximum absolute atomic E-state index is 13.5. The van der Waals surface area contributed by atoms with Crippen LogP contribution in [0.3, 0.4) is 0 Å². The number of aliphatic hydroxyl groups is 1. The molecule has 1 fully saturated rings. The Hall–Kier alpha value is -3.21. The average Bonchev–Trinajstić information content (AvgIpc) is 3.81. The van der Waals surface area contributed by atoms with Crippen molar-refractivity contribution in [3.05, 3.63) is 65.5 Å². The molecule has 2 aromatic rings. The van der Waals surface area contributed by atoms with Gasteiger partial charge in [-0.2, -0.15) is 0 Å². The van der Waals surface area contributed by atoms with Crippen LogP contribution in [0.25, 0.3) is 0 Å². The van der Waals surface area contributed by atoms with Gasteiger partial charge in [0.2, 0.25) is 17.7 Å². The largest absolute Gasteiger partial charge is 0.489 e. The van der Waals surface area contributed by atoms with Gasteiger partial charge in [-0.05, 0) is 81.7 Å². The Kier molecular flexibility index (Phi) is 14.9. The average molecular weight is 621 g/mol. The first kappa shape index (κ1) is 36.0. The first-order valence-corrected chi connectivity index (χ1v) is 14.8. The second-order valence-corrected chi connectivity index (χ2v) is 11.0. The standard InChI is InChI=1S/C30H39FN4O4.C2H6O.ClH/c1-19-18-33-27(23-12-13-23)30(38)35(3)20(2)28(36)34-25(17-21-10-14-24(31)15-11-21)29(37)32-16-6-8-22-7-4-5-9-26(22)39-19;1-2-3;/h4-5,7,9-11,14-15,19-20,23,25,27,33H,6,8,12-13,16-18H2,1-3H3,(H,32,37)(H,34,36);3H,2H2,1H3;1H/t19-,20-,25-,27+;;/m1../s1. The van der Waals surface area contributed by atoms with E-state index in [1.807, 2.05) is 31.2 Å². The summed E-state index contributed by atoms with van der Waals surface area (Å²) in [6, 6.07) is 11.6. The van der Waals surface area contributed by atoms with E-state index in [0.29, 0.717) is 31.5 Å². The molecule has 1 saturated carbocycles. The minimum absolute atomic E-state index is 0. The van der Waals surface area contributed by atoms with Gasteiger partial charge in [0.25, 0.3) is 0 Å². The fourth-order valence-electron chi connectivity index (χ4n) is 4.82. The van der Waals surface area contributed by atoms with Crippen LogP contribution in [0.15, 0.2) is 48.5 Å². The summed E-state index contributed by atoms with van der Waals surface area (Å²) >= 11 is 0. The Morgan fingerprint density at radius 2 is 1.67 bits per heavy atom. The number of hydrogen-bond donors (Lipinski definition) is 4. The van der Waals surface area contributed by atoms with Crippen molar-refractivity contribution >= 4 is 30.1 Å². The lowest BCUT2D eigenvalue weighted by Gasteiger charge is -2.31. The highest BCUT2D eigenvalue weighted by Crippen LogP contribution is 2.33. The van der Waals surface area contributed by atoms with E-state index in [0.717, 1.165) is 24.2 Å². The molecule has 0 aromatic heterocycles. The monoisotopic (exact) mass is 620 g/mol. The van der Waals surface area contributed by atoms with E-state index in [-0.39, 0.29) is 55.1 Å². The molecule has 0 radical (unpaired) electrons. The number of aliphatic hydroxyl groups excluding tert-OH is 1. The SMILES string of the molecule is CCO.C[C@@H]1CN[C@@H](C2CC2)C(=O)N(C)[C@H](C)C(=O)N[C@H](Cc2ccc(F)cc2)C(=O)NCCCc2ccccc2O1.Cl. The number of halogens is 2. The summed E-state index contributed by atoms with van der Waals surface area (Å²) in [4.78, 5) is 41.4. The zero-order chi connectivity index (χ0) is 30.6. The third-order valence-electron chi connectivity index (χ3n) is 7.50. The van der Waals surface area contributed by atoms with Crippen molar-refractivity contribution < 1.29 is 28.6 Å². The molecule has 9 nitrogen and oxygen atoms in total. The van der Waals surface area contributed by atoms with E-state index in [1.54, 1.807) is 33.0 Å². The number of hydrogen-bond acceptors (Lipinski definition) is 6. The molecular weight excluding hydrogens is 575 g/mol. The maximum Gasteiger partial charge on any atom is 0.243 e. The lowest BCUT2D eigenvalue weighted by Crippen LogP contribution is -2.57. The molecular formula is C32H46ClFN4O5. The van der Waals surface area contributed by atoms with E-state index in [4.69, 9.17) is 9.84 Å². The second-order valence-electron chi connectivity index (χ2n) is 11.0. The summed E-state index contributed by atoms with van der Waals surface area (Å²) in [6.07, 6.45) is 3.33. The van der Waals surface area contributed by atoms with E-state index in [9.17, 15) is 18.8 Å². The zero-order valence-electron chi connectivity index (χ0n) is 25.5. The van der Waals surface area contributed by atoms with Gasteiger partial charge in [0.15, 0.2) is 0 Å².